The number of amides is 1. The fourth-order valence-corrected chi connectivity index (χ4v) is 4.58. The Morgan fingerprint density at radius 2 is 2.17 bits per heavy atom. The second-order valence-electron chi connectivity index (χ2n) is 6.19. The number of hydrogen-bond donors (Lipinski definition) is 1. The average molecular weight is 349 g/mol. The molecule has 0 bridgehead atoms. The maximum Gasteiger partial charge on any atom is 0.262 e. The third kappa shape index (κ3) is 3.37. The molecule has 0 fully saturated rings. The van der Waals surface area contributed by atoms with Crippen LogP contribution in [0.5, 0.6) is 0 Å². The summed E-state index contributed by atoms with van der Waals surface area (Å²) in [5, 5.41) is 0.787. The molecule has 1 aliphatic rings. The zero-order valence-corrected chi connectivity index (χ0v) is 14.8. The van der Waals surface area contributed by atoms with Gasteiger partial charge in [-0.3, -0.25) is 14.2 Å². The van der Waals surface area contributed by atoms with Crippen molar-refractivity contribution in [2.75, 3.05) is 13.7 Å². The van der Waals surface area contributed by atoms with E-state index >= 15 is 0 Å². The monoisotopic (exact) mass is 349 g/mol. The maximum atomic E-state index is 13.1. The smallest absolute Gasteiger partial charge is 0.262 e. The van der Waals surface area contributed by atoms with Gasteiger partial charge in [0.15, 0.2) is 0 Å². The third-order valence-electron chi connectivity index (χ3n) is 4.49. The van der Waals surface area contributed by atoms with Crippen LogP contribution in [-0.4, -0.2) is 29.2 Å². The second kappa shape index (κ2) is 7.44. The average Bonchev–Trinajstić information content (AvgIpc) is 2.93. The Hall–Kier alpha value is -1.73. The van der Waals surface area contributed by atoms with Gasteiger partial charge in [0.2, 0.25) is 5.91 Å². The molecule has 7 heteroatoms. The van der Waals surface area contributed by atoms with Crippen molar-refractivity contribution < 1.29 is 9.53 Å². The summed E-state index contributed by atoms with van der Waals surface area (Å²) < 4.78 is 6.86. The van der Waals surface area contributed by atoms with E-state index in [1.807, 2.05) is 0 Å². The molecule has 2 heterocycles. The van der Waals surface area contributed by atoms with Crippen LogP contribution in [-0.2, 0) is 35.3 Å². The van der Waals surface area contributed by atoms with E-state index in [0.29, 0.717) is 26.0 Å². The van der Waals surface area contributed by atoms with Crippen LogP contribution in [0.1, 0.15) is 41.9 Å². The van der Waals surface area contributed by atoms with Crippen molar-refractivity contribution >= 4 is 27.5 Å². The molecule has 0 spiro atoms. The van der Waals surface area contributed by atoms with E-state index in [-0.39, 0.29) is 17.9 Å². The number of methoxy groups -OCH3 is 1. The first-order chi connectivity index (χ1) is 11.6. The quantitative estimate of drug-likeness (QED) is 0.825. The highest BCUT2D eigenvalue weighted by molar-refractivity contribution is 7.18. The maximum absolute atomic E-state index is 13.1. The van der Waals surface area contributed by atoms with E-state index < -0.39 is 0 Å². The highest BCUT2D eigenvalue weighted by Crippen LogP contribution is 2.33. The number of carbonyl (C=O) groups is 1. The van der Waals surface area contributed by atoms with Crippen LogP contribution < -0.4 is 11.3 Å². The summed E-state index contributed by atoms with van der Waals surface area (Å²) in [5.41, 5.74) is 6.44. The van der Waals surface area contributed by atoms with Crippen LogP contribution in [0.4, 0.5) is 0 Å². The Morgan fingerprint density at radius 3 is 2.92 bits per heavy atom. The molecule has 2 aromatic heterocycles. The Morgan fingerprint density at radius 1 is 1.38 bits per heavy atom. The summed E-state index contributed by atoms with van der Waals surface area (Å²) in [6, 6.07) is 0. The summed E-state index contributed by atoms with van der Waals surface area (Å²) in [5.74, 6) is 0.390. The number of hydrogen-bond acceptors (Lipinski definition) is 5. The summed E-state index contributed by atoms with van der Waals surface area (Å²) in [4.78, 5) is 31.0. The predicted molar refractivity (Wildman–Crippen MR) is 94.5 cm³/mol. The zero-order valence-electron chi connectivity index (χ0n) is 14.0. The number of ether oxygens (including phenoxy) is 1. The van der Waals surface area contributed by atoms with E-state index in [4.69, 9.17) is 15.5 Å². The van der Waals surface area contributed by atoms with Gasteiger partial charge in [0, 0.05) is 31.4 Å². The molecule has 1 aliphatic carbocycles. The normalized spacial score (nSPS) is 14.0. The van der Waals surface area contributed by atoms with Crippen molar-refractivity contribution in [2.24, 2.45) is 5.73 Å². The fourth-order valence-electron chi connectivity index (χ4n) is 3.31. The number of nitrogens with two attached hydrogens (primary N) is 1. The number of primary amides is 1. The van der Waals surface area contributed by atoms with Crippen LogP contribution in [0.25, 0.3) is 10.2 Å². The molecule has 6 nitrogen and oxygen atoms in total. The van der Waals surface area contributed by atoms with Gasteiger partial charge in [-0.05, 0) is 37.7 Å². The SMILES string of the molecule is COCCc1nc2sc3c(c2c(=O)n1CCCC(N)=O)CCCC3. The Labute approximate surface area is 144 Å². The van der Waals surface area contributed by atoms with Gasteiger partial charge in [0.1, 0.15) is 10.7 Å². The molecule has 1 amide bonds. The number of carbonyl (C=O) groups excluding carboxylic acids is 1. The van der Waals surface area contributed by atoms with Gasteiger partial charge in [-0.1, -0.05) is 0 Å². The Kier molecular flexibility index (Phi) is 5.30. The molecule has 130 valence electrons. The largest absolute Gasteiger partial charge is 0.384 e. The van der Waals surface area contributed by atoms with Crippen molar-refractivity contribution in [3.63, 3.8) is 0 Å². The lowest BCUT2D eigenvalue weighted by atomic mass is 9.97. The molecule has 0 atom stereocenters. The van der Waals surface area contributed by atoms with Crippen LogP contribution in [0, 0.1) is 0 Å². The molecule has 2 aromatic rings. The third-order valence-corrected chi connectivity index (χ3v) is 5.67. The van der Waals surface area contributed by atoms with E-state index in [2.05, 4.69) is 0 Å². The van der Waals surface area contributed by atoms with Gasteiger partial charge in [-0.25, -0.2) is 4.98 Å². The second-order valence-corrected chi connectivity index (χ2v) is 7.27. The van der Waals surface area contributed by atoms with Crippen LogP contribution in [0.3, 0.4) is 0 Å². The van der Waals surface area contributed by atoms with Gasteiger partial charge < -0.3 is 10.5 Å². The highest BCUT2D eigenvalue weighted by Gasteiger charge is 2.21. The van der Waals surface area contributed by atoms with Crippen molar-refractivity contribution in [3.05, 3.63) is 26.6 Å². The lowest BCUT2D eigenvalue weighted by Gasteiger charge is -2.13. The minimum absolute atomic E-state index is 0.0231. The van der Waals surface area contributed by atoms with Crippen molar-refractivity contribution in [2.45, 2.75) is 51.5 Å². The highest BCUT2D eigenvalue weighted by atomic mass is 32.1. The molecule has 0 aromatic carbocycles. The molecule has 3 rings (SSSR count). The summed E-state index contributed by atoms with van der Waals surface area (Å²) in [7, 11) is 1.64. The molecule has 2 N–H and O–H groups in total. The van der Waals surface area contributed by atoms with Crippen LogP contribution >= 0.6 is 11.3 Å². The van der Waals surface area contributed by atoms with Crippen molar-refractivity contribution in [1.82, 2.24) is 9.55 Å². The molecule has 0 saturated heterocycles. The number of aryl methyl sites for hydroxylation is 2. The number of thiophene rings is 1. The van der Waals surface area contributed by atoms with E-state index in [1.54, 1.807) is 23.0 Å². The minimum atomic E-state index is -0.344. The predicted octanol–water partition coefficient (Wildman–Crippen LogP) is 1.79. The van der Waals surface area contributed by atoms with Crippen molar-refractivity contribution in [3.8, 4) is 0 Å². The lowest BCUT2D eigenvalue weighted by Crippen LogP contribution is -2.27. The van der Waals surface area contributed by atoms with Gasteiger partial charge in [-0.2, -0.15) is 0 Å². The van der Waals surface area contributed by atoms with Crippen LogP contribution in [0.2, 0.25) is 0 Å². The minimum Gasteiger partial charge on any atom is -0.384 e. The molecular weight excluding hydrogens is 326 g/mol. The number of nitrogens with zero attached hydrogens (tertiary/aromatic N) is 2. The zero-order chi connectivity index (χ0) is 17.1. The van der Waals surface area contributed by atoms with Gasteiger partial charge in [0.25, 0.3) is 5.56 Å². The standard InChI is InChI=1S/C17H23N3O3S/c1-23-10-8-14-19-16-15(11-5-2-3-6-12(11)24-16)17(22)20(14)9-4-7-13(18)21/h2-10H2,1H3,(H2,18,21). The number of aromatic nitrogens is 2. The molecule has 24 heavy (non-hydrogen) atoms. The first-order valence-electron chi connectivity index (χ1n) is 8.43. The molecule has 0 radical (unpaired) electrons. The topological polar surface area (TPSA) is 87.2 Å². The molecule has 0 aliphatic heterocycles. The van der Waals surface area contributed by atoms with Gasteiger partial charge in [0.05, 0.1) is 12.0 Å². The summed E-state index contributed by atoms with van der Waals surface area (Å²) >= 11 is 1.66. The summed E-state index contributed by atoms with van der Waals surface area (Å²) in [6.45, 7) is 0.979. The van der Waals surface area contributed by atoms with E-state index in [9.17, 15) is 9.59 Å². The Bertz CT molecular complexity index is 809. The molecular formula is C17H23N3O3S. The van der Waals surface area contributed by atoms with Gasteiger partial charge >= 0.3 is 0 Å². The lowest BCUT2D eigenvalue weighted by molar-refractivity contribution is -0.118. The van der Waals surface area contributed by atoms with Crippen LogP contribution in [0.15, 0.2) is 4.79 Å². The number of fused-ring (bicyclic) bond motifs is 3. The molecule has 0 unspecified atom stereocenters. The van der Waals surface area contributed by atoms with Gasteiger partial charge in [-0.15, -0.1) is 11.3 Å². The van der Waals surface area contributed by atoms with Crippen molar-refractivity contribution in [1.29, 1.82) is 0 Å². The fraction of sp³-hybridized carbons (Fsp3) is 0.588. The first kappa shape index (κ1) is 17.1. The number of rotatable bonds is 7. The van der Waals surface area contributed by atoms with E-state index in [1.165, 1.54) is 16.9 Å². The van der Waals surface area contributed by atoms with E-state index in [0.717, 1.165) is 35.3 Å². The summed E-state index contributed by atoms with van der Waals surface area (Å²) in [6.07, 6.45) is 5.73. The molecule has 0 saturated carbocycles. The first-order valence-corrected chi connectivity index (χ1v) is 9.24. The Balaban J connectivity index is 2.05.